The Morgan fingerprint density at radius 1 is 1.00 bits per heavy atom. The van der Waals surface area contributed by atoms with E-state index in [1.54, 1.807) is 18.5 Å². The van der Waals surface area contributed by atoms with Crippen LogP contribution in [0.2, 0.25) is 0 Å². The number of rotatable bonds is 2. The molecular weight excluding hydrogens is 374 g/mol. The van der Waals surface area contributed by atoms with E-state index in [-0.39, 0.29) is 5.97 Å². The fourth-order valence-electron chi connectivity index (χ4n) is 5.08. The van der Waals surface area contributed by atoms with Gasteiger partial charge in [-0.25, -0.2) is 9.79 Å². The number of esters is 1. The number of carbonyl (C=O) groups excluding carboxylic acids is 1. The maximum Gasteiger partial charge on any atom is 0.339 e. The van der Waals surface area contributed by atoms with Crippen molar-refractivity contribution in [3.8, 4) is 0 Å². The minimum absolute atomic E-state index is 0.217. The first-order chi connectivity index (χ1) is 14.7. The maximum absolute atomic E-state index is 12.3. The standard InChI is InChI=1S/C25H21N3O2/c29-24-20-9-12-26-14-21(20)25(30-24)10-7-17(8-11-25)22-15-27-23(28-22)19-6-5-16-3-1-2-4-18(16)13-19/h1-6,9,12-14,17H,7-8,10-11,15H2. The minimum Gasteiger partial charge on any atom is -0.450 e. The third-order valence-electron chi connectivity index (χ3n) is 6.73. The third-order valence-corrected chi connectivity index (χ3v) is 6.73. The summed E-state index contributed by atoms with van der Waals surface area (Å²) in [5, 5.41) is 2.43. The number of amidine groups is 1. The van der Waals surface area contributed by atoms with Crippen molar-refractivity contribution in [2.75, 3.05) is 6.54 Å². The number of aliphatic imine (C=N–C) groups is 2. The van der Waals surface area contributed by atoms with E-state index < -0.39 is 5.60 Å². The van der Waals surface area contributed by atoms with E-state index in [2.05, 4.69) is 47.4 Å². The van der Waals surface area contributed by atoms with Gasteiger partial charge in [-0.2, -0.15) is 0 Å². The molecular formula is C25H21N3O2. The second kappa shape index (κ2) is 6.59. The van der Waals surface area contributed by atoms with Gasteiger partial charge in [0.15, 0.2) is 5.84 Å². The van der Waals surface area contributed by atoms with Gasteiger partial charge in [-0.3, -0.25) is 9.98 Å². The van der Waals surface area contributed by atoms with Crippen LogP contribution in [-0.4, -0.2) is 29.0 Å². The molecule has 5 heteroatoms. The summed E-state index contributed by atoms with van der Waals surface area (Å²) in [4.78, 5) is 26.1. The lowest BCUT2D eigenvalue weighted by molar-refractivity contribution is -0.0318. The van der Waals surface area contributed by atoms with Crippen LogP contribution in [0.1, 0.15) is 47.2 Å². The van der Waals surface area contributed by atoms with E-state index >= 15 is 0 Å². The molecule has 0 saturated heterocycles. The monoisotopic (exact) mass is 395 g/mol. The number of aromatic nitrogens is 1. The molecule has 0 radical (unpaired) electrons. The van der Waals surface area contributed by atoms with Crippen molar-refractivity contribution >= 4 is 28.3 Å². The van der Waals surface area contributed by atoms with Crippen LogP contribution in [0.3, 0.4) is 0 Å². The van der Waals surface area contributed by atoms with E-state index in [4.69, 9.17) is 14.7 Å². The van der Waals surface area contributed by atoms with Gasteiger partial charge in [-0.15, -0.1) is 0 Å². The zero-order valence-corrected chi connectivity index (χ0v) is 16.5. The summed E-state index contributed by atoms with van der Waals surface area (Å²) >= 11 is 0. The topological polar surface area (TPSA) is 63.9 Å². The SMILES string of the molecule is O=C1OC2(CCC(C3=NC(c4ccc5ccccc5c4)=NC3)CC2)c2cnccc21. The molecule has 30 heavy (non-hydrogen) atoms. The van der Waals surface area contributed by atoms with Crippen molar-refractivity contribution in [3.05, 3.63) is 77.6 Å². The molecule has 1 saturated carbocycles. The summed E-state index contributed by atoms with van der Waals surface area (Å²) < 4.78 is 5.86. The number of ether oxygens (including phenoxy) is 1. The number of benzene rings is 2. The van der Waals surface area contributed by atoms with Crippen LogP contribution in [0.25, 0.3) is 10.8 Å². The maximum atomic E-state index is 12.3. The molecule has 2 aliphatic heterocycles. The molecule has 148 valence electrons. The molecule has 1 spiro atoms. The fourth-order valence-corrected chi connectivity index (χ4v) is 5.08. The molecule has 1 aromatic heterocycles. The summed E-state index contributed by atoms with van der Waals surface area (Å²) in [6.45, 7) is 0.664. The first-order valence-corrected chi connectivity index (χ1v) is 10.5. The van der Waals surface area contributed by atoms with Crippen LogP contribution in [0.4, 0.5) is 0 Å². The van der Waals surface area contributed by atoms with Crippen LogP contribution in [0.5, 0.6) is 0 Å². The predicted octanol–water partition coefficient (Wildman–Crippen LogP) is 4.69. The highest BCUT2D eigenvalue weighted by atomic mass is 16.6. The Balaban J connectivity index is 1.20. The van der Waals surface area contributed by atoms with E-state index in [1.165, 1.54) is 10.8 Å². The van der Waals surface area contributed by atoms with Gasteiger partial charge in [0.05, 0.1) is 12.1 Å². The molecule has 3 aromatic rings. The van der Waals surface area contributed by atoms with E-state index in [0.717, 1.165) is 48.4 Å². The third kappa shape index (κ3) is 2.69. The normalized spacial score (nSPS) is 25.2. The highest BCUT2D eigenvalue weighted by Gasteiger charge is 2.48. The number of pyridine rings is 1. The molecule has 3 heterocycles. The first kappa shape index (κ1) is 17.5. The summed E-state index contributed by atoms with van der Waals surface area (Å²) in [5.74, 6) is 1.00. The van der Waals surface area contributed by atoms with E-state index in [1.807, 2.05) is 0 Å². The average Bonchev–Trinajstić information content (AvgIpc) is 3.39. The molecule has 2 aromatic carbocycles. The second-order valence-electron chi connectivity index (χ2n) is 8.38. The summed E-state index contributed by atoms with van der Waals surface area (Å²) in [6.07, 6.45) is 6.97. The van der Waals surface area contributed by atoms with Gasteiger partial charge < -0.3 is 4.74 Å². The highest BCUT2D eigenvalue weighted by molar-refractivity contribution is 6.13. The van der Waals surface area contributed by atoms with Crippen molar-refractivity contribution in [3.63, 3.8) is 0 Å². The summed E-state index contributed by atoms with van der Waals surface area (Å²) in [5.41, 5.74) is 3.35. The average molecular weight is 395 g/mol. The molecule has 6 rings (SSSR count). The Morgan fingerprint density at radius 3 is 2.70 bits per heavy atom. The first-order valence-electron chi connectivity index (χ1n) is 10.5. The Labute approximate surface area is 174 Å². The smallest absolute Gasteiger partial charge is 0.339 e. The van der Waals surface area contributed by atoms with Gasteiger partial charge in [0.2, 0.25) is 0 Å². The van der Waals surface area contributed by atoms with Crippen molar-refractivity contribution < 1.29 is 9.53 Å². The number of fused-ring (bicyclic) bond motifs is 3. The molecule has 1 fully saturated rings. The fraction of sp³-hybridized carbons (Fsp3) is 0.280. The zero-order chi connectivity index (χ0) is 20.1. The Hall–Kier alpha value is -3.34. The Kier molecular flexibility index (Phi) is 3.85. The number of carbonyl (C=O) groups is 1. The lowest BCUT2D eigenvalue weighted by atomic mass is 9.74. The van der Waals surface area contributed by atoms with Gasteiger partial charge in [-0.1, -0.05) is 36.4 Å². The molecule has 0 N–H and O–H groups in total. The van der Waals surface area contributed by atoms with Gasteiger partial charge >= 0.3 is 5.97 Å². The molecule has 0 unspecified atom stereocenters. The Morgan fingerprint density at radius 2 is 1.83 bits per heavy atom. The van der Waals surface area contributed by atoms with Gasteiger partial charge in [-0.05, 0) is 54.5 Å². The summed E-state index contributed by atoms with van der Waals surface area (Å²) in [7, 11) is 0. The Bertz CT molecular complexity index is 1240. The quantitative estimate of drug-likeness (QED) is 0.591. The summed E-state index contributed by atoms with van der Waals surface area (Å²) in [6, 6.07) is 16.5. The van der Waals surface area contributed by atoms with Crippen molar-refractivity contribution in [2.45, 2.75) is 31.3 Å². The molecule has 1 aliphatic carbocycles. The van der Waals surface area contributed by atoms with E-state index in [0.29, 0.717) is 18.0 Å². The molecule has 0 atom stereocenters. The number of hydrogen-bond donors (Lipinski definition) is 0. The van der Waals surface area contributed by atoms with Gasteiger partial charge in [0.1, 0.15) is 5.60 Å². The second-order valence-corrected chi connectivity index (χ2v) is 8.38. The number of hydrogen-bond acceptors (Lipinski definition) is 5. The molecule has 5 nitrogen and oxygen atoms in total. The van der Waals surface area contributed by atoms with Crippen LogP contribution in [0, 0.1) is 5.92 Å². The number of nitrogens with zero attached hydrogens (tertiary/aromatic N) is 3. The molecule has 0 amide bonds. The predicted molar refractivity (Wildman–Crippen MR) is 116 cm³/mol. The van der Waals surface area contributed by atoms with Crippen LogP contribution in [0.15, 0.2) is 70.9 Å². The van der Waals surface area contributed by atoms with Crippen LogP contribution >= 0.6 is 0 Å². The lowest BCUT2D eigenvalue weighted by Crippen LogP contribution is -2.34. The highest BCUT2D eigenvalue weighted by Crippen LogP contribution is 2.48. The van der Waals surface area contributed by atoms with Crippen LogP contribution < -0.4 is 0 Å². The molecule has 3 aliphatic rings. The minimum atomic E-state index is -0.502. The molecule has 0 bridgehead atoms. The largest absolute Gasteiger partial charge is 0.450 e. The van der Waals surface area contributed by atoms with E-state index in [9.17, 15) is 4.79 Å². The van der Waals surface area contributed by atoms with Crippen molar-refractivity contribution in [1.82, 2.24) is 4.98 Å². The lowest BCUT2D eigenvalue weighted by Gasteiger charge is -2.36. The van der Waals surface area contributed by atoms with Crippen LogP contribution in [-0.2, 0) is 10.3 Å². The van der Waals surface area contributed by atoms with Crippen molar-refractivity contribution in [1.29, 1.82) is 0 Å². The van der Waals surface area contributed by atoms with Crippen molar-refractivity contribution in [2.24, 2.45) is 15.9 Å². The zero-order valence-electron chi connectivity index (χ0n) is 16.5. The van der Waals surface area contributed by atoms with Gasteiger partial charge in [0, 0.05) is 29.2 Å². The van der Waals surface area contributed by atoms with Gasteiger partial charge in [0.25, 0.3) is 0 Å².